The molecule has 1 saturated carbocycles. The van der Waals surface area contributed by atoms with Gasteiger partial charge in [-0.2, -0.15) is 10.2 Å². The molecule has 5 heteroatoms. The molecule has 0 radical (unpaired) electrons. The second-order valence-corrected chi connectivity index (χ2v) is 6.66. The van der Waals surface area contributed by atoms with Gasteiger partial charge in [-0.05, 0) is 32.3 Å². The van der Waals surface area contributed by atoms with Crippen molar-refractivity contribution in [2.45, 2.75) is 56.8 Å². The van der Waals surface area contributed by atoms with Crippen molar-refractivity contribution in [3.05, 3.63) is 23.0 Å². The topological polar surface area (TPSA) is 46.1 Å². The molecule has 1 aromatic heterocycles. The van der Waals surface area contributed by atoms with Crippen LogP contribution in [-0.4, -0.2) is 38.9 Å². The molecule has 0 saturated heterocycles. The Hall–Kier alpha value is -0.970. The highest BCUT2D eigenvalue weighted by atomic mass is 79.9. The molecule has 1 aromatic rings. The van der Waals surface area contributed by atoms with Crippen molar-refractivity contribution in [3.63, 3.8) is 0 Å². The van der Waals surface area contributed by atoms with Crippen molar-refractivity contribution in [1.82, 2.24) is 15.1 Å². The fourth-order valence-electron chi connectivity index (χ4n) is 2.80. The highest BCUT2D eigenvalue weighted by Crippen LogP contribution is 2.29. The zero-order valence-electron chi connectivity index (χ0n) is 12.4. The number of carbonyl (C=O) groups is 1. The van der Waals surface area contributed by atoms with Crippen LogP contribution in [0.25, 0.3) is 0 Å². The van der Waals surface area contributed by atoms with Gasteiger partial charge in [-0.1, -0.05) is 35.7 Å². The summed E-state index contributed by atoms with van der Waals surface area (Å²) in [7, 11) is 1.90. The molecule has 1 fully saturated rings. The number of halogens is 1. The number of hydrogen-bond acceptors (Lipinski definition) is 3. The molecule has 1 heterocycles. The van der Waals surface area contributed by atoms with Crippen molar-refractivity contribution >= 4 is 21.8 Å². The van der Waals surface area contributed by atoms with E-state index >= 15 is 0 Å². The van der Waals surface area contributed by atoms with Crippen LogP contribution in [0.2, 0.25) is 0 Å². The Morgan fingerprint density at radius 2 is 2.10 bits per heavy atom. The smallest absolute Gasteiger partial charge is 0.255 e. The molecule has 0 aliphatic heterocycles. The molecule has 1 amide bonds. The highest BCUT2D eigenvalue weighted by molar-refractivity contribution is 9.09. The lowest BCUT2D eigenvalue weighted by Crippen LogP contribution is -2.44. The molecule has 0 N–H and O–H groups in total. The highest BCUT2D eigenvalue weighted by Gasteiger charge is 2.30. The van der Waals surface area contributed by atoms with Gasteiger partial charge in [-0.3, -0.25) is 4.79 Å². The Bertz CT molecular complexity index is 492. The minimum atomic E-state index is 0.0659. The Balaban J connectivity index is 2.23. The molecule has 0 spiro atoms. The van der Waals surface area contributed by atoms with E-state index in [1.807, 2.05) is 31.9 Å². The van der Waals surface area contributed by atoms with Gasteiger partial charge in [0.2, 0.25) is 0 Å². The largest absolute Gasteiger partial charge is 0.338 e. The summed E-state index contributed by atoms with van der Waals surface area (Å²) in [6.45, 7) is 3.88. The van der Waals surface area contributed by atoms with Crippen LogP contribution < -0.4 is 0 Å². The minimum Gasteiger partial charge on any atom is -0.338 e. The van der Waals surface area contributed by atoms with Crippen molar-refractivity contribution in [3.8, 4) is 0 Å². The van der Waals surface area contributed by atoms with Crippen LogP contribution in [-0.2, 0) is 6.42 Å². The third-order valence-electron chi connectivity index (χ3n) is 4.02. The number of alkyl halides is 1. The molecule has 2 unspecified atom stereocenters. The van der Waals surface area contributed by atoms with E-state index in [4.69, 9.17) is 0 Å². The molecule has 110 valence electrons. The van der Waals surface area contributed by atoms with E-state index in [-0.39, 0.29) is 11.9 Å². The number of rotatable bonds is 3. The summed E-state index contributed by atoms with van der Waals surface area (Å²) in [4.78, 5) is 15.0. The normalized spacial score (nSPS) is 22.6. The lowest BCUT2D eigenvalue weighted by Gasteiger charge is -2.35. The van der Waals surface area contributed by atoms with Gasteiger partial charge in [0.25, 0.3) is 5.91 Å². The van der Waals surface area contributed by atoms with Crippen LogP contribution in [0.3, 0.4) is 0 Å². The van der Waals surface area contributed by atoms with Crippen molar-refractivity contribution in [2.75, 3.05) is 7.05 Å². The fraction of sp³-hybridized carbons (Fsp3) is 0.667. The predicted octanol–water partition coefficient (Wildman–Crippen LogP) is 3.13. The summed E-state index contributed by atoms with van der Waals surface area (Å²) >= 11 is 3.72. The zero-order chi connectivity index (χ0) is 14.7. The maximum atomic E-state index is 12.8. The van der Waals surface area contributed by atoms with Crippen LogP contribution in [0.4, 0.5) is 0 Å². The molecular formula is C15H22BrN3O. The van der Waals surface area contributed by atoms with Gasteiger partial charge in [-0.15, -0.1) is 0 Å². The number of carbonyl (C=O) groups excluding carboxylic acids is 1. The number of amides is 1. The Kier molecular flexibility index (Phi) is 5.13. The van der Waals surface area contributed by atoms with Gasteiger partial charge in [0.15, 0.2) is 0 Å². The minimum absolute atomic E-state index is 0.0659. The average Bonchev–Trinajstić information content (AvgIpc) is 2.46. The van der Waals surface area contributed by atoms with E-state index < -0.39 is 0 Å². The quantitative estimate of drug-likeness (QED) is 0.794. The average molecular weight is 340 g/mol. The van der Waals surface area contributed by atoms with Crippen molar-refractivity contribution in [1.29, 1.82) is 0 Å². The molecule has 4 nitrogen and oxygen atoms in total. The van der Waals surface area contributed by atoms with Crippen molar-refractivity contribution < 1.29 is 4.79 Å². The predicted molar refractivity (Wildman–Crippen MR) is 83.2 cm³/mol. The van der Waals surface area contributed by atoms with E-state index in [1.54, 1.807) is 0 Å². The van der Waals surface area contributed by atoms with E-state index in [2.05, 4.69) is 26.1 Å². The third-order valence-corrected chi connectivity index (χ3v) is 5.09. The first-order chi connectivity index (χ1) is 9.54. The summed E-state index contributed by atoms with van der Waals surface area (Å²) in [5.74, 6) is 0.0659. The standard InChI is InChI=1S/C15H22BrN3O/c1-4-13-11(9-10(2)17-18-13)15(20)19(3)14-8-6-5-7-12(14)16/h9,12,14H,4-8H2,1-3H3. The van der Waals surface area contributed by atoms with Crippen molar-refractivity contribution in [2.24, 2.45) is 0 Å². The summed E-state index contributed by atoms with van der Waals surface area (Å²) in [6, 6.07) is 2.13. The fourth-order valence-corrected chi connectivity index (χ4v) is 3.75. The van der Waals surface area contributed by atoms with E-state index in [9.17, 15) is 4.79 Å². The second kappa shape index (κ2) is 6.66. The third kappa shape index (κ3) is 3.19. The Morgan fingerprint density at radius 3 is 2.75 bits per heavy atom. The van der Waals surface area contributed by atoms with Gasteiger partial charge in [0, 0.05) is 17.9 Å². The molecule has 20 heavy (non-hydrogen) atoms. The van der Waals surface area contributed by atoms with Crippen LogP contribution in [0.1, 0.15) is 54.4 Å². The van der Waals surface area contributed by atoms with Gasteiger partial charge >= 0.3 is 0 Å². The summed E-state index contributed by atoms with van der Waals surface area (Å²) < 4.78 is 0. The van der Waals surface area contributed by atoms with Crippen LogP contribution in [0.15, 0.2) is 6.07 Å². The van der Waals surface area contributed by atoms with Gasteiger partial charge in [0.1, 0.15) is 0 Å². The summed E-state index contributed by atoms with van der Waals surface area (Å²) in [5.41, 5.74) is 2.28. The maximum absolute atomic E-state index is 12.8. The molecular weight excluding hydrogens is 318 g/mol. The maximum Gasteiger partial charge on any atom is 0.255 e. The first-order valence-electron chi connectivity index (χ1n) is 7.29. The number of nitrogens with zero attached hydrogens (tertiary/aromatic N) is 3. The molecule has 1 aliphatic carbocycles. The monoisotopic (exact) mass is 339 g/mol. The first kappa shape index (κ1) is 15.4. The van der Waals surface area contributed by atoms with E-state index in [1.165, 1.54) is 12.8 Å². The number of hydrogen-bond donors (Lipinski definition) is 0. The van der Waals surface area contributed by atoms with E-state index in [0.717, 1.165) is 30.7 Å². The number of aromatic nitrogens is 2. The second-order valence-electron chi connectivity index (χ2n) is 5.48. The summed E-state index contributed by atoms with van der Waals surface area (Å²) in [5, 5.41) is 8.20. The SMILES string of the molecule is CCc1nnc(C)cc1C(=O)N(C)C1CCCCC1Br. The van der Waals surface area contributed by atoms with Gasteiger partial charge < -0.3 is 4.90 Å². The molecule has 1 aliphatic rings. The molecule has 2 atom stereocenters. The molecule has 0 aromatic carbocycles. The summed E-state index contributed by atoms with van der Waals surface area (Å²) in [6.07, 6.45) is 5.36. The van der Waals surface area contributed by atoms with E-state index in [0.29, 0.717) is 10.4 Å². The first-order valence-corrected chi connectivity index (χ1v) is 8.20. The van der Waals surface area contributed by atoms with Crippen LogP contribution in [0.5, 0.6) is 0 Å². The number of aryl methyl sites for hydroxylation is 2. The van der Waals surface area contributed by atoms with Gasteiger partial charge in [-0.25, -0.2) is 0 Å². The zero-order valence-corrected chi connectivity index (χ0v) is 14.0. The Labute approximate surface area is 129 Å². The lowest BCUT2D eigenvalue weighted by atomic mass is 9.93. The lowest BCUT2D eigenvalue weighted by molar-refractivity contribution is 0.0702. The molecule has 0 bridgehead atoms. The van der Waals surface area contributed by atoms with Crippen LogP contribution >= 0.6 is 15.9 Å². The van der Waals surface area contributed by atoms with Crippen LogP contribution in [0, 0.1) is 6.92 Å². The Morgan fingerprint density at radius 1 is 1.40 bits per heavy atom. The van der Waals surface area contributed by atoms with Gasteiger partial charge in [0.05, 0.1) is 17.0 Å². The molecule has 2 rings (SSSR count).